The minimum absolute atomic E-state index is 0.137. The standard InChI is InChI=1S/C46H49BN10O6/c1-46(2)21-27-20-37-45(63)56(18-17-55(37)38(27)22-46)41-33(26-58)30(11-12-48-41)28-19-35(44(62)52(3)24-28)50-39-9-7-29(23-49-39)53-13-15-54(16-14-53)47-34-6-4-5-31-32(34)25-57(43(31)61)36-8-10-40(59)51-42(36)60/h4-7,9,11-12,19-20,23-24,36,47,58H,8,10,13-18,21-22,25-26H2,1-3H3,(H,49,50)(H,51,59,60). The fourth-order valence-corrected chi connectivity index (χ4v) is 10.2. The van der Waals surface area contributed by atoms with E-state index in [1.807, 2.05) is 36.4 Å². The third-order valence-corrected chi connectivity index (χ3v) is 13.4. The van der Waals surface area contributed by atoms with E-state index in [1.165, 1.54) is 15.8 Å². The van der Waals surface area contributed by atoms with Crippen LogP contribution in [0.4, 0.5) is 23.0 Å². The van der Waals surface area contributed by atoms with Crippen molar-refractivity contribution < 1.29 is 24.3 Å². The van der Waals surface area contributed by atoms with E-state index in [0.29, 0.717) is 78.7 Å². The number of imide groups is 1. The first-order chi connectivity index (χ1) is 30.4. The van der Waals surface area contributed by atoms with Crippen molar-refractivity contribution in [3.63, 3.8) is 0 Å². The summed E-state index contributed by atoms with van der Waals surface area (Å²) in [4.78, 5) is 82.2. The summed E-state index contributed by atoms with van der Waals surface area (Å²) in [5, 5.41) is 16.3. The van der Waals surface area contributed by atoms with Gasteiger partial charge in [-0.05, 0) is 77.8 Å². The number of aryl methyl sites for hydroxylation is 1. The quantitative estimate of drug-likeness (QED) is 0.147. The Morgan fingerprint density at radius 2 is 1.75 bits per heavy atom. The lowest BCUT2D eigenvalue weighted by Crippen LogP contribution is -2.52. The van der Waals surface area contributed by atoms with Gasteiger partial charge in [-0.15, -0.1) is 0 Å². The van der Waals surface area contributed by atoms with E-state index in [2.05, 4.69) is 48.7 Å². The monoisotopic (exact) mass is 848 g/mol. The van der Waals surface area contributed by atoms with Gasteiger partial charge in [-0.1, -0.05) is 31.4 Å². The smallest absolute Gasteiger partial charge is 0.276 e. The fraction of sp³-hybridized carbons (Fsp3) is 0.370. The second kappa shape index (κ2) is 15.6. The Morgan fingerprint density at radius 1 is 0.921 bits per heavy atom. The van der Waals surface area contributed by atoms with E-state index in [0.717, 1.165) is 55.7 Å². The number of hydrogen-bond acceptors (Lipinski definition) is 11. The molecule has 63 heavy (non-hydrogen) atoms. The van der Waals surface area contributed by atoms with Crippen LogP contribution in [0.2, 0.25) is 0 Å². The number of nitrogens with zero attached hydrogens (tertiary/aromatic N) is 8. The molecule has 2 saturated heterocycles. The Hall–Kier alpha value is -6.59. The molecule has 17 heteroatoms. The first-order valence-electron chi connectivity index (χ1n) is 21.6. The second-order valence-corrected chi connectivity index (χ2v) is 18.1. The fourth-order valence-electron chi connectivity index (χ4n) is 10.2. The van der Waals surface area contributed by atoms with Gasteiger partial charge in [-0.2, -0.15) is 0 Å². The third-order valence-electron chi connectivity index (χ3n) is 13.4. The molecule has 0 bridgehead atoms. The van der Waals surface area contributed by atoms with Crippen molar-refractivity contribution in [2.45, 2.75) is 65.3 Å². The predicted octanol–water partition coefficient (Wildman–Crippen LogP) is 2.22. The van der Waals surface area contributed by atoms with E-state index in [4.69, 9.17) is 0 Å². The van der Waals surface area contributed by atoms with Gasteiger partial charge >= 0.3 is 0 Å². The number of aliphatic hydroxyl groups is 1. The number of carbonyl (C=O) groups is 4. The normalized spacial score (nSPS) is 19.6. The van der Waals surface area contributed by atoms with Crippen LogP contribution in [-0.4, -0.2) is 104 Å². The van der Waals surface area contributed by atoms with Crippen LogP contribution in [0.15, 0.2) is 71.9 Å². The van der Waals surface area contributed by atoms with E-state index >= 15 is 0 Å². The van der Waals surface area contributed by atoms with Gasteiger partial charge in [-0.25, -0.2) is 9.97 Å². The minimum Gasteiger partial charge on any atom is -0.392 e. The average molecular weight is 849 g/mol. The van der Waals surface area contributed by atoms with Crippen LogP contribution in [0.5, 0.6) is 0 Å². The van der Waals surface area contributed by atoms with Crippen LogP contribution in [0.1, 0.15) is 69.9 Å². The maximum Gasteiger partial charge on any atom is 0.276 e. The molecule has 1 atom stereocenters. The lowest BCUT2D eigenvalue weighted by molar-refractivity contribution is -0.136. The van der Waals surface area contributed by atoms with E-state index in [-0.39, 0.29) is 41.7 Å². The Morgan fingerprint density at radius 3 is 2.51 bits per heavy atom. The van der Waals surface area contributed by atoms with E-state index in [1.54, 1.807) is 47.6 Å². The Balaban J connectivity index is 0.800. The summed E-state index contributed by atoms with van der Waals surface area (Å²) in [5.41, 5.74) is 8.80. The van der Waals surface area contributed by atoms with E-state index in [9.17, 15) is 29.1 Å². The number of rotatable bonds is 9. The highest BCUT2D eigenvalue weighted by molar-refractivity contribution is 6.51. The molecule has 0 spiro atoms. The molecule has 1 aliphatic carbocycles. The van der Waals surface area contributed by atoms with Crippen molar-refractivity contribution in [1.29, 1.82) is 0 Å². The Bertz CT molecular complexity index is 2770. The van der Waals surface area contributed by atoms with Crippen LogP contribution in [0, 0.1) is 5.41 Å². The van der Waals surface area contributed by atoms with Crippen LogP contribution >= 0.6 is 0 Å². The zero-order chi connectivity index (χ0) is 43.7. The highest BCUT2D eigenvalue weighted by atomic mass is 16.3. The predicted molar refractivity (Wildman–Crippen MR) is 239 cm³/mol. The number of nitrogens with one attached hydrogen (secondary N) is 2. The number of pyridine rings is 3. The van der Waals surface area contributed by atoms with Gasteiger partial charge in [0.15, 0.2) is 0 Å². The molecule has 2 fully saturated rings. The first-order valence-corrected chi connectivity index (χ1v) is 21.6. The number of benzene rings is 1. The molecular formula is C46H49BN10O6. The highest BCUT2D eigenvalue weighted by Gasteiger charge is 2.41. The third kappa shape index (κ3) is 7.28. The van der Waals surface area contributed by atoms with Crippen molar-refractivity contribution >= 4 is 59.5 Å². The lowest BCUT2D eigenvalue weighted by atomic mass is 9.76. The molecule has 5 aliphatic rings. The number of hydrogen-bond donors (Lipinski definition) is 3. The number of carbonyl (C=O) groups excluding carboxylic acids is 4. The topological polar surface area (TPSA) is 178 Å². The summed E-state index contributed by atoms with van der Waals surface area (Å²) in [6.45, 7) is 8.72. The average Bonchev–Trinajstić information content (AvgIpc) is 3.90. The maximum atomic E-state index is 14.0. The molecule has 4 amide bonds. The highest BCUT2D eigenvalue weighted by Crippen LogP contribution is 2.40. The molecule has 1 aromatic carbocycles. The SMILES string of the molecule is Cn1cc(-c2ccnc(N3CCn4c(cc5c4CC(C)(C)C5)C3=O)c2CO)cc(Nc2ccc(N3CCN(Bc4cccc5c4CN(C4CCC(=O)NC4=O)C5=O)CC3)cn2)c1=O. The Labute approximate surface area is 364 Å². The van der Waals surface area contributed by atoms with Gasteiger partial charge in [0.2, 0.25) is 19.2 Å². The van der Waals surface area contributed by atoms with Crippen molar-refractivity contribution in [2.24, 2.45) is 12.5 Å². The number of fused-ring (bicyclic) bond motifs is 4. The van der Waals surface area contributed by atoms with Gasteiger partial charge in [0.25, 0.3) is 17.4 Å². The zero-order valence-electron chi connectivity index (χ0n) is 35.7. The summed E-state index contributed by atoms with van der Waals surface area (Å²) in [6.07, 6.45) is 7.59. The van der Waals surface area contributed by atoms with Gasteiger partial charge < -0.3 is 34.2 Å². The van der Waals surface area contributed by atoms with Gasteiger partial charge in [0, 0.05) is 94.1 Å². The number of piperazine rings is 1. The molecule has 5 aromatic rings. The van der Waals surface area contributed by atoms with Crippen molar-refractivity contribution in [2.75, 3.05) is 47.8 Å². The molecule has 4 aromatic heterocycles. The summed E-state index contributed by atoms with van der Waals surface area (Å²) in [7, 11) is 2.35. The van der Waals surface area contributed by atoms with Crippen LogP contribution < -0.4 is 31.5 Å². The van der Waals surface area contributed by atoms with Crippen LogP contribution in [-0.2, 0) is 49.2 Å². The largest absolute Gasteiger partial charge is 0.392 e. The molecule has 1 unspecified atom stereocenters. The number of anilines is 4. The number of aromatic nitrogens is 4. The molecular weight excluding hydrogens is 799 g/mol. The molecule has 322 valence electrons. The second-order valence-electron chi connectivity index (χ2n) is 18.1. The molecule has 3 N–H and O–H groups in total. The minimum atomic E-state index is -0.645. The van der Waals surface area contributed by atoms with Crippen molar-refractivity contribution in [1.82, 2.24) is 34.1 Å². The van der Waals surface area contributed by atoms with Gasteiger partial charge in [0.05, 0.1) is 18.5 Å². The van der Waals surface area contributed by atoms with Crippen LogP contribution in [0.3, 0.4) is 0 Å². The Kier molecular flexibility index (Phi) is 10.1. The number of amides is 4. The van der Waals surface area contributed by atoms with Gasteiger partial charge in [-0.3, -0.25) is 34.2 Å². The lowest BCUT2D eigenvalue weighted by Gasteiger charge is -2.36. The molecule has 0 radical (unpaired) electrons. The van der Waals surface area contributed by atoms with E-state index < -0.39 is 11.9 Å². The summed E-state index contributed by atoms with van der Waals surface area (Å²) in [5.74, 6) is -0.108. The van der Waals surface area contributed by atoms with Crippen molar-refractivity contribution in [3.8, 4) is 11.1 Å². The molecule has 8 heterocycles. The maximum absolute atomic E-state index is 14.0. The zero-order valence-corrected chi connectivity index (χ0v) is 35.7. The molecule has 4 aliphatic heterocycles. The summed E-state index contributed by atoms with van der Waals surface area (Å²) >= 11 is 0. The molecule has 0 saturated carbocycles. The summed E-state index contributed by atoms with van der Waals surface area (Å²) < 4.78 is 3.65. The number of piperidine rings is 1. The van der Waals surface area contributed by atoms with Gasteiger partial charge in [0.1, 0.15) is 29.1 Å². The molecule has 16 nitrogen and oxygen atoms in total. The first kappa shape index (κ1) is 40.5. The van der Waals surface area contributed by atoms with Crippen LogP contribution in [0.25, 0.3) is 11.1 Å². The molecule has 10 rings (SSSR count). The van der Waals surface area contributed by atoms with Crippen molar-refractivity contribution in [3.05, 3.63) is 111 Å². The number of aliphatic hydroxyl groups excluding tert-OH is 1. The summed E-state index contributed by atoms with van der Waals surface area (Å²) in [6, 6.07) is 14.5.